The molecule has 5 aliphatic rings. The fourth-order valence-electron chi connectivity index (χ4n) is 6.00. The Labute approximate surface area is 111 Å². The van der Waals surface area contributed by atoms with Crippen molar-refractivity contribution in [3.8, 4) is 0 Å². The van der Waals surface area contributed by atoms with Crippen LogP contribution < -0.4 is 5.73 Å². The van der Waals surface area contributed by atoms with Crippen LogP contribution in [0.15, 0.2) is 0 Å². The highest BCUT2D eigenvalue weighted by atomic mass is 15.2. The molecule has 1 atom stereocenters. The van der Waals surface area contributed by atoms with Gasteiger partial charge in [-0.05, 0) is 82.1 Å². The maximum absolute atomic E-state index is 6.09. The molecular weight excluding hydrogens is 220 g/mol. The zero-order valence-electron chi connectivity index (χ0n) is 11.8. The zero-order valence-corrected chi connectivity index (χ0v) is 11.8. The van der Waals surface area contributed by atoms with Crippen molar-refractivity contribution in [3.63, 3.8) is 0 Å². The fraction of sp³-hybridized carbons (Fsp3) is 1.00. The van der Waals surface area contributed by atoms with Gasteiger partial charge in [-0.25, -0.2) is 0 Å². The third kappa shape index (κ3) is 1.68. The first-order valence-corrected chi connectivity index (χ1v) is 8.13. The SMILES string of the molecule is CN(C(CN)C1CC1)C12CC3CC(CC(C3)C1)C2. The van der Waals surface area contributed by atoms with Crippen molar-refractivity contribution < 1.29 is 0 Å². The number of nitrogens with two attached hydrogens (primary N) is 1. The standard InChI is InChI=1S/C16H28N2/c1-18(15(10-17)14-2-3-14)16-7-11-4-12(8-16)6-13(5-11)9-16/h11-15H,2-10,17H2,1H3. The van der Waals surface area contributed by atoms with Crippen LogP contribution in [-0.4, -0.2) is 30.1 Å². The van der Waals surface area contributed by atoms with Crippen molar-refractivity contribution in [1.29, 1.82) is 0 Å². The van der Waals surface area contributed by atoms with Gasteiger partial charge in [0.2, 0.25) is 0 Å². The Morgan fingerprint density at radius 3 is 1.94 bits per heavy atom. The van der Waals surface area contributed by atoms with Crippen molar-refractivity contribution in [2.24, 2.45) is 29.4 Å². The molecule has 0 aromatic heterocycles. The molecule has 0 aromatic rings. The molecule has 0 aromatic carbocycles. The van der Waals surface area contributed by atoms with Gasteiger partial charge >= 0.3 is 0 Å². The fourth-order valence-corrected chi connectivity index (χ4v) is 6.00. The minimum absolute atomic E-state index is 0.557. The van der Waals surface area contributed by atoms with Crippen molar-refractivity contribution in [2.75, 3.05) is 13.6 Å². The Morgan fingerprint density at radius 2 is 1.56 bits per heavy atom. The van der Waals surface area contributed by atoms with Crippen molar-refractivity contribution >= 4 is 0 Å². The second-order valence-electron chi connectivity index (χ2n) is 7.89. The molecule has 2 heteroatoms. The van der Waals surface area contributed by atoms with E-state index >= 15 is 0 Å². The molecule has 102 valence electrons. The Morgan fingerprint density at radius 1 is 1.06 bits per heavy atom. The van der Waals surface area contributed by atoms with E-state index in [2.05, 4.69) is 11.9 Å². The summed E-state index contributed by atoms with van der Waals surface area (Å²) in [7, 11) is 2.41. The minimum atomic E-state index is 0.557. The Kier molecular flexibility index (Phi) is 2.58. The van der Waals surface area contributed by atoms with Gasteiger partial charge in [-0.2, -0.15) is 0 Å². The maximum atomic E-state index is 6.09. The largest absolute Gasteiger partial charge is 0.329 e. The maximum Gasteiger partial charge on any atom is 0.0249 e. The number of rotatable bonds is 4. The summed E-state index contributed by atoms with van der Waals surface area (Å²) in [5, 5.41) is 0. The smallest absolute Gasteiger partial charge is 0.0249 e. The second kappa shape index (κ2) is 3.96. The molecule has 18 heavy (non-hydrogen) atoms. The molecule has 0 saturated heterocycles. The molecule has 0 spiro atoms. The predicted octanol–water partition coefficient (Wildman–Crippen LogP) is 2.62. The lowest BCUT2D eigenvalue weighted by atomic mass is 9.52. The molecule has 5 rings (SSSR count). The number of nitrogens with zero attached hydrogens (tertiary/aromatic N) is 1. The lowest BCUT2D eigenvalue weighted by Crippen LogP contribution is -2.62. The van der Waals surface area contributed by atoms with E-state index in [0.29, 0.717) is 11.6 Å². The number of hydrogen-bond acceptors (Lipinski definition) is 2. The molecule has 5 aliphatic carbocycles. The van der Waals surface area contributed by atoms with Crippen molar-refractivity contribution in [1.82, 2.24) is 4.90 Å². The van der Waals surface area contributed by atoms with Gasteiger partial charge in [0.25, 0.3) is 0 Å². The minimum Gasteiger partial charge on any atom is -0.329 e. The van der Waals surface area contributed by atoms with E-state index in [-0.39, 0.29) is 0 Å². The summed E-state index contributed by atoms with van der Waals surface area (Å²) in [4.78, 5) is 2.77. The molecule has 0 heterocycles. The molecule has 0 radical (unpaired) electrons. The second-order valence-corrected chi connectivity index (χ2v) is 7.89. The Balaban J connectivity index is 1.58. The van der Waals surface area contributed by atoms with Crippen LogP contribution in [0, 0.1) is 23.7 Å². The predicted molar refractivity (Wildman–Crippen MR) is 74.2 cm³/mol. The lowest BCUT2D eigenvalue weighted by Gasteiger charge is -2.61. The van der Waals surface area contributed by atoms with Crippen molar-refractivity contribution in [2.45, 2.75) is 62.9 Å². The van der Waals surface area contributed by atoms with Crippen LogP contribution in [0.25, 0.3) is 0 Å². The van der Waals surface area contributed by atoms with Crippen LogP contribution >= 0.6 is 0 Å². The van der Waals surface area contributed by atoms with Crippen LogP contribution in [0.4, 0.5) is 0 Å². The molecular formula is C16H28N2. The van der Waals surface area contributed by atoms with Crippen LogP contribution in [0.5, 0.6) is 0 Å². The molecule has 0 aliphatic heterocycles. The van der Waals surface area contributed by atoms with Crippen LogP contribution in [-0.2, 0) is 0 Å². The summed E-state index contributed by atoms with van der Waals surface area (Å²) < 4.78 is 0. The average molecular weight is 248 g/mol. The topological polar surface area (TPSA) is 29.3 Å². The lowest BCUT2D eigenvalue weighted by molar-refractivity contribution is -0.0952. The zero-order chi connectivity index (χ0) is 12.3. The molecule has 5 fully saturated rings. The summed E-state index contributed by atoms with van der Waals surface area (Å²) in [6.07, 6.45) is 11.9. The van der Waals surface area contributed by atoms with E-state index in [0.717, 1.165) is 30.2 Å². The summed E-state index contributed by atoms with van der Waals surface area (Å²) in [6, 6.07) is 0.682. The van der Waals surface area contributed by atoms with Gasteiger partial charge in [0.15, 0.2) is 0 Å². The van der Waals surface area contributed by atoms with Crippen molar-refractivity contribution in [3.05, 3.63) is 0 Å². The first kappa shape index (κ1) is 11.7. The highest BCUT2D eigenvalue weighted by Gasteiger charge is 2.54. The third-order valence-electron chi connectivity index (χ3n) is 6.66. The van der Waals surface area contributed by atoms with E-state index in [1.165, 1.54) is 32.1 Å². The average Bonchev–Trinajstić information content (AvgIpc) is 3.12. The van der Waals surface area contributed by atoms with Gasteiger partial charge in [0, 0.05) is 18.1 Å². The normalized spacial score (nSPS) is 47.8. The monoisotopic (exact) mass is 248 g/mol. The molecule has 2 nitrogen and oxygen atoms in total. The van der Waals surface area contributed by atoms with Gasteiger partial charge in [-0.3, -0.25) is 4.90 Å². The quantitative estimate of drug-likeness (QED) is 0.828. The Hall–Kier alpha value is -0.0800. The van der Waals surface area contributed by atoms with Gasteiger partial charge in [0.1, 0.15) is 0 Å². The summed E-state index contributed by atoms with van der Waals surface area (Å²) in [5.41, 5.74) is 6.65. The molecule has 2 N–H and O–H groups in total. The molecule has 0 amide bonds. The number of likely N-dealkylation sites (N-methyl/N-ethyl adjacent to an activating group) is 1. The summed E-state index contributed by atoms with van der Waals surface area (Å²) >= 11 is 0. The van der Waals surface area contributed by atoms with Crippen LogP contribution in [0.1, 0.15) is 51.4 Å². The first-order valence-electron chi connectivity index (χ1n) is 8.13. The van der Waals surface area contributed by atoms with E-state index in [4.69, 9.17) is 5.73 Å². The van der Waals surface area contributed by atoms with E-state index < -0.39 is 0 Å². The number of hydrogen-bond donors (Lipinski definition) is 1. The highest BCUT2D eigenvalue weighted by Crippen LogP contribution is 2.58. The van der Waals surface area contributed by atoms with E-state index in [1.54, 1.807) is 19.3 Å². The molecule has 1 unspecified atom stereocenters. The van der Waals surface area contributed by atoms with E-state index in [9.17, 15) is 0 Å². The Bertz CT molecular complexity index is 299. The first-order chi connectivity index (χ1) is 8.70. The third-order valence-corrected chi connectivity index (χ3v) is 6.66. The van der Waals surface area contributed by atoms with Crippen LogP contribution in [0.2, 0.25) is 0 Å². The van der Waals surface area contributed by atoms with Gasteiger partial charge in [0.05, 0.1) is 0 Å². The molecule has 4 bridgehead atoms. The van der Waals surface area contributed by atoms with Gasteiger partial charge in [-0.15, -0.1) is 0 Å². The molecule has 5 saturated carbocycles. The van der Waals surface area contributed by atoms with Gasteiger partial charge < -0.3 is 5.73 Å². The van der Waals surface area contributed by atoms with E-state index in [1.807, 2.05) is 0 Å². The van der Waals surface area contributed by atoms with Crippen LogP contribution in [0.3, 0.4) is 0 Å². The van der Waals surface area contributed by atoms with Gasteiger partial charge in [-0.1, -0.05) is 0 Å². The highest BCUT2D eigenvalue weighted by molar-refractivity contribution is 5.09. The summed E-state index contributed by atoms with van der Waals surface area (Å²) in [6.45, 7) is 0.878. The summed E-state index contributed by atoms with van der Waals surface area (Å²) in [5.74, 6) is 4.08.